The number of para-hydroxylation sites is 1. The number of carboxylic acids is 1. The summed E-state index contributed by atoms with van der Waals surface area (Å²) >= 11 is 0. The molecule has 0 amide bonds. The van der Waals surface area contributed by atoms with Crippen LogP contribution in [0.4, 0.5) is 0 Å². The molecular weight excluding hydrogens is 290 g/mol. The van der Waals surface area contributed by atoms with Gasteiger partial charge >= 0.3 is 5.97 Å². The second-order valence-corrected chi connectivity index (χ2v) is 5.97. The fourth-order valence-corrected chi connectivity index (χ4v) is 3.17. The first-order valence-electron chi connectivity index (χ1n) is 7.62. The summed E-state index contributed by atoms with van der Waals surface area (Å²) in [6.45, 7) is 4.47. The first-order chi connectivity index (χ1) is 11.0. The van der Waals surface area contributed by atoms with Crippen LogP contribution in [0.5, 0.6) is 5.75 Å². The highest BCUT2D eigenvalue weighted by Crippen LogP contribution is 2.36. The lowest BCUT2D eigenvalue weighted by Gasteiger charge is -2.15. The third kappa shape index (κ3) is 2.57. The van der Waals surface area contributed by atoms with Crippen molar-refractivity contribution in [2.75, 3.05) is 0 Å². The summed E-state index contributed by atoms with van der Waals surface area (Å²) in [5.74, 6) is -0.833. The molecule has 23 heavy (non-hydrogen) atoms. The highest BCUT2D eigenvalue weighted by Gasteiger charge is 2.25. The number of rotatable bonds is 4. The molecule has 2 aromatic carbocycles. The minimum Gasteiger partial charge on any atom is -0.506 e. The standard InChI is InChI=1S/C19H19NO3/c1-12(2)17-16(19(22)23)14-9-6-10-15(21)18(14)20(17)11-13-7-4-3-5-8-13/h3-10,12,21H,11H2,1-2H3,(H,22,23). The Labute approximate surface area is 134 Å². The van der Waals surface area contributed by atoms with Crippen molar-refractivity contribution in [2.45, 2.75) is 26.3 Å². The van der Waals surface area contributed by atoms with Gasteiger partial charge in [-0.3, -0.25) is 0 Å². The Balaban J connectivity index is 2.34. The van der Waals surface area contributed by atoms with Crippen molar-refractivity contribution in [3.8, 4) is 5.75 Å². The fourth-order valence-electron chi connectivity index (χ4n) is 3.17. The Bertz CT molecular complexity index is 863. The molecule has 0 spiro atoms. The van der Waals surface area contributed by atoms with Crippen LogP contribution in [0.1, 0.15) is 41.4 Å². The van der Waals surface area contributed by atoms with Gasteiger partial charge in [0.1, 0.15) is 5.75 Å². The van der Waals surface area contributed by atoms with Crippen LogP contribution in [0.15, 0.2) is 48.5 Å². The maximum Gasteiger partial charge on any atom is 0.338 e. The van der Waals surface area contributed by atoms with Gasteiger partial charge in [0.25, 0.3) is 0 Å². The Hall–Kier alpha value is -2.75. The maximum absolute atomic E-state index is 11.8. The lowest BCUT2D eigenvalue weighted by molar-refractivity contribution is 0.0697. The Morgan fingerprint density at radius 2 is 1.78 bits per heavy atom. The quantitative estimate of drug-likeness (QED) is 0.758. The smallest absolute Gasteiger partial charge is 0.338 e. The van der Waals surface area contributed by atoms with E-state index in [9.17, 15) is 15.0 Å². The van der Waals surface area contributed by atoms with E-state index in [4.69, 9.17) is 0 Å². The van der Waals surface area contributed by atoms with Crippen LogP contribution < -0.4 is 0 Å². The summed E-state index contributed by atoms with van der Waals surface area (Å²) in [5.41, 5.74) is 2.66. The Kier molecular flexibility index (Phi) is 3.82. The molecule has 3 aromatic rings. The van der Waals surface area contributed by atoms with Crippen LogP contribution in [0.3, 0.4) is 0 Å². The van der Waals surface area contributed by atoms with Gasteiger partial charge in [-0.25, -0.2) is 4.79 Å². The van der Waals surface area contributed by atoms with Crippen molar-refractivity contribution >= 4 is 16.9 Å². The van der Waals surface area contributed by atoms with Gasteiger partial charge in [0.15, 0.2) is 0 Å². The topological polar surface area (TPSA) is 62.5 Å². The van der Waals surface area contributed by atoms with Gasteiger partial charge in [-0.2, -0.15) is 0 Å². The summed E-state index contributed by atoms with van der Waals surface area (Å²) in [6.07, 6.45) is 0. The van der Waals surface area contributed by atoms with Crippen LogP contribution in [0.25, 0.3) is 10.9 Å². The molecule has 0 radical (unpaired) electrons. The summed E-state index contributed by atoms with van der Waals surface area (Å²) in [4.78, 5) is 11.8. The van der Waals surface area contributed by atoms with Crippen LogP contribution in [-0.4, -0.2) is 20.7 Å². The summed E-state index contributed by atoms with van der Waals surface area (Å²) < 4.78 is 1.92. The minimum atomic E-state index is -0.962. The molecule has 0 aliphatic rings. The third-order valence-corrected chi connectivity index (χ3v) is 4.05. The molecule has 1 aromatic heterocycles. The normalized spacial score (nSPS) is 11.3. The van der Waals surface area contributed by atoms with E-state index in [2.05, 4.69) is 0 Å². The van der Waals surface area contributed by atoms with E-state index in [1.807, 2.05) is 48.7 Å². The molecule has 1 heterocycles. The number of hydrogen-bond acceptors (Lipinski definition) is 2. The number of carboxylic acid groups (broad SMARTS) is 1. The third-order valence-electron chi connectivity index (χ3n) is 4.05. The molecule has 4 heteroatoms. The zero-order valence-electron chi connectivity index (χ0n) is 13.2. The predicted octanol–water partition coefficient (Wildman–Crippen LogP) is 4.22. The molecule has 0 aliphatic carbocycles. The van der Waals surface area contributed by atoms with Crippen molar-refractivity contribution < 1.29 is 15.0 Å². The van der Waals surface area contributed by atoms with E-state index >= 15 is 0 Å². The molecule has 0 unspecified atom stereocenters. The monoisotopic (exact) mass is 309 g/mol. The number of carbonyl (C=O) groups is 1. The van der Waals surface area contributed by atoms with E-state index in [1.165, 1.54) is 0 Å². The second-order valence-electron chi connectivity index (χ2n) is 5.97. The second kappa shape index (κ2) is 5.80. The minimum absolute atomic E-state index is 0.0246. The van der Waals surface area contributed by atoms with Gasteiger partial charge in [-0.05, 0) is 17.5 Å². The number of aromatic carboxylic acids is 1. The number of phenols is 1. The molecule has 2 N–H and O–H groups in total. The molecular formula is C19H19NO3. The SMILES string of the molecule is CC(C)c1c(C(=O)O)c2cccc(O)c2n1Cc1ccccc1. The lowest BCUT2D eigenvalue weighted by atomic mass is 10.0. The molecule has 4 nitrogen and oxygen atoms in total. The van der Waals surface area contributed by atoms with E-state index in [0.29, 0.717) is 17.4 Å². The molecule has 3 rings (SSSR count). The molecule has 0 saturated carbocycles. The van der Waals surface area contributed by atoms with Crippen molar-refractivity contribution in [3.05, 3.63) is 65.4 Å². The average molecular weight is 309 g/mol. The molecule has 0 fully saturated rings. The van der Waals surface area contributed by atoms with Crippen molar-refractivity contribution in [2.24, 2.45) is 0 Å². The summed E-state index contributed by atoms with van der Waals surface area (Å²) in [5, 5.41) is 20.6. The van der Waals surface area contributed by atoms with Gasteiger partial charge in [-0.1, -0.05) is 56.3 Å². The molecule has 118 valence electrons. The van der Waals surface area contributed by atoms with Crippen molar-refractivity contribution in [3.63, 3.8) is 0 Å². The lowest BCUT2D eigenvalue weighted by Crippen LogP contribution is -2.09. The van der Waals surface area contributed by atoms with Crippen LogP contribution in [0.2, 0.25) is 0 Å². The molecule has 0 aliphatic heterocycles. The van der Waals surface area contributed by atoms with E-state index in [1.54, 1.807) is 18.2 Å². The summed E-state index contributed by atoms with van der Waals surface area (Å²) in [6, 6.07) is 14.9. The summed E-state index contributed by atoms with van der Waals surface area (Å²) in [7, 11) is 0. The van der Waals surface area contributed by atoms with E-state index in [0.717, 1.165) is 11.3 Å². The van der Waals surface area contributed by atoms with Crippen LogP contribution in [0, 0.1) is 0 Å². The fraction of sp³-hybridized carbons (Fsp3) is 0.211. The number of phenolic OH excluding ortho intramolecular Hbond substituents is 1. The number of aromatic hydroxyl groups is 1. The Morgan fingerprint density at radius 3 is 2.39 bits per heavy atom. The number of nitrogens with zero attached hydrogens (tertiary/aromatic N) is 1. The molecule has 0 atom stereocenters. The first kappa shape index (κ1) is 15.2. The van der Waals surface area contributed by atoms with Gasteiger partial charge in [0.05, 0.1) is 11.1 Å². The number of aromatic nitrogens is 1. The van der Waals surface area contributed by atoms with Gasteiger partial charge in [0.2, 0.25) is 0 Å². The van der Waals surface area contributed by atoms with Gasteiger partial charge in [-0.15, -0.1) is 0 Å². The molecule has 0 bridgehead atoms. The predicted molar refractivity (Wildman–Crippen MR) is 90.2 cm³/mol. The van der Waals surface area contributed by atoms with E-state index < -0.39 is 5.97 Å². The highest BCUT2D eigenvalue weighted by molar-refractivity contribution is 6.06. The maximum atomic E-state index is 11.8. The Morgan fingerprint density at radius 1 is 1.09 bits per heavy atom. The largest absolute Gasteiger partial charge is 0.506 e. The first-order valence-corrected chi connectivity index (χ1v) is 7.62. The van der Waals surface area contributed by atoms with Crippen molar-refractivity contribution in [1.29, 1.82) is 0 Å². The average Bonchev–Trinajstić information content (AvgIpc) is 2.84. The van der Waals surface area contributed by atoms with Gasteiger partial charge in [0, 0.05) is 17.6 Å². The zero-order valence-corrected chi connectivity index (χ0v) is 13.2. The number of fused-ring (bicyclic) bond motifs is 1. The van der Waals surface area contributed by atoms with E-state index in [-0.39, 0.29) is 17.2 Å². The number of hydrogen-bond donors (Lipinski definition) is 2. The zero-order chi connectivity index (χ0) is 16.6. The van der Waals surface area contributed by atoms with Crippen LogP contribution in [-0.2, 0) is 6.54 Å². The van der Waals surface area contributed by atoms with Crippen LogP contribution >= 0.6 is 0 Å². The number of benzene rings is 2. The highest BCUT2D eigenvalue weighted by atomic mass is 16.4. The van der Waals surface area contributed by atoms with Crippen molar-refractivity contribution in [1.82, 2.24) is 4.57 Å². The molecule has 0 saturated heterocycles. The van der Waals surface area contributed by atoms with Gasteiger partial charge < -0.3 is 14.8 Å².